The van der Waals surface area contributed by atoms with E-state index in [4.69, 9.17) is 0 Å². The molecular weight excluding hydrogens is 605 g/mol. The molecule has 0 saturated carbocycles. The van der Waals surface area contributed by atoms with E-state index >= 15 is 0 Å². The number of nitrogens with zero attached hydrogens (tertiary/aromatic N) is 4. The molecule has 3 heterocycles. The van der Waals surface area contributed by atoms with Crippen molar-refractivity contribution in [2.24, 2.45) is 7.05 Å². The van der Waals surface area contributed by atoms with Crippen molar-refractivity contribution in [2.45, 2.75) is 17.2 Å². The van der Waals surface area contributed by atoms with Gasteiger partial charge in [-0.25, -0.2) is 0 Å². The molecule has 1 aromatic carbocycles. The molecule has 0 fully saturated rings. The second-order valence-corrected chi connectivity index (χ2v) is 12.2. The molecule has 4 aromatic rings. The fourth-order valence-electron chi connectivity index (χ4n) is 3.36. The van der Waals surface area contributed by atoms with Gasteiger partial charge in [0.15, 0.2) is 0 Å². The molecule has 0 spiro atoms. The van der Waals surface area contributed by atoms with Gasteiger partial charge in [0.25, 0.3) is 0 Å². The number of aromatic nitrogens is 4. The zero-order chi connectivity index (χ0) is 25.4. The van der Waals surface area contributed by atoms with Gasteiger partial charge >= 0.3 is 210 Å². The quantitative estimate of drug-likeness (QED) is 0.192. The Kier molecular flexibility index (Phi) is 7.13. The summed E-state index contributed by atoms with van der Waals surface area (Å²) in [4.78, 5) is 16.0. The first kappa shape index (κ1) is 25.5. The summed E-state index contributed by atoms with van der Waals surface area (Å²) >= 11 is -0.251. The van der Waals surface area contributed by atoms with Crippen molar-refractivity contribution in [3.8, 4) is 34.2 Å². The SMILES string of the molecule is C[I-]Sc1ccc(-c2ccc(C(F)(F)F)cc2)nc1-c1ncc(-c2cc(C(F)(F)F)ccn2)n1C. The molecule has 4 nitrogen and oxygen atoms in total. The summed E-state index contributed by atoms with van der Waals surface area (Å²) in [7, 11) is 3.26. The van der Waals surface area contributed by atoms with Crippen molar-refractivity contribution in [2.75, 3.05) is 4.93 Å². The van der Waals surface area contributed by atoms with Crippen LogP contribution in [-0.2, 0) is 19.4 Å². The normalized spacial score (nSPS) is 12.3. The van der Waals surface area contributed by atoms with Crippen LogP contribution in [0.15, 0.2) is 65.8 Å². The number of rotatable bonds is 5. The van der Waals surface area contributed by atoms with E-state index in [0.29, 0.717) is 28.5 Å². The topological polar surface area (TPSA) is 43.6 Å². The molecule has 0 saturated heterocycles. The van der Waals surface area contributed by atoms with E-state index in [1.807, 2.05) is 6.07 Å². The van der Waals surface area contributed by atoms with Gasteiger partial charge in [0, 0.05) is 0 Å². The molecule has 0 atom stereocenters. The summed E-state index contributed by atoms with van der Waals surface area (Å²) in [5.74, 6) is 0.410. The third-order valence-electron chi connectivity index (χ3n) is 5.08. The van der Waals surface area contributed by atoms with Gasteiger partial charge in [-0.2, -0.15) is 0 Å². The van der Waals surface area contributed by atoms with Crippen molar-refractivity contribution in [3.63, 3.8) is 0 Å². The molecule has 0 aliphatic rings. The molecule has 3 aromatic heterocycles. The Morgan fingerprint density at radius 3 is 2.14 bits per heavy atom. The van der Waals surface area contributed by atoms with Gasteiger partial charge in [0.2, 0.25) is 0 Å². The predicted molar refractivity (Wildman–Crippen MR) is 117 cm³/mol. The zero-order valence-corrected chi connectivity index (χ0v) is 21.1. The van der Waals surface area contributed by atoms with E-state index < -0.39 is 23.5 Å². The molecule has 35 heavy (non-hydrogen) atoms. The van der Waals surface area contributed by atoms with Crippen LogP contribution >= 0.6 is 8.93 Å². The second kappa shape index (κ2) is 9.80. The van der Waals surface area contributed by atoms with Crippen molar-refractivity contribution >= 4 is 8.93 Å². The average molecular weight is 621 g/mol. The first-order valence-electron chi connectivity index (χ1n) is 9.90. The Bertz CT molecular complexity index is 1350. The van der Waals surface area contributed by atoms with Crippen molar-refractivity contribution < 1.29 is 46.2 Å². The molecule has 0 aliphatic heterocycles. The Morgan fingerprint density at radius 1 is 0.829 bits per heavy atom. The second-order valence-electron chi connectivity index (χ2n) is 7.30. The van der Waals surface area contributed by atoms with E-state index in [1.165, 1.54) is 18.3 Å². The van der Waals surface area contributed by atoms with Gasteiger partial charge in [-0.1, -0.05) is 0 Å². The van der Waals surface area contributed by atoms with Crippen LogP contribution in [0.4, 0.5) is 26.3 Å². The minimum atomic E-state index is -4.51. The van der Waals surface area contributed by atoms with E-state index in [-0.39, 0.29) is 25.5 Å². The van der Waals surface area contributed by atoms with Crippen LogP contribution < -0.4 is 19.8 Å². The number of alkyl halides is 7. The first-order chi connectivity index (χ1) is 16.5. The molecule has 0 aliphatic carbocycles. The van der Waals surface area contributed by atoms with Crippen LogP contribution in [0, 0.1) is 0 Å². The Labute approximate surface area is 209 Å². The number of pyridine rings is 2. The summed E-state index contributed by atoms with van der Waals surface area (Å²) in [5.41, 5.74) is 0.346. The van der Waals surface area contributed by atoms with Gasteiger partial charge < -0.3 is 0 Å². The van der Waals surface area contributed by atoms with Crippen LogP contribution in [0.1, 0.15) is 11.1 Å². The van der Waals surface area contributed by atoms with Crippen molar-refractivity contribution in [3.05, 3.63) is 72.1 Å². The molecule has 0 unspecified atom stereocenters. The third-order valence-corrected chi connectivity index (χ3v) is 8.47. The summed E-state index contributed by atoms with van der Waals surface area (Å²) in [6, 6.07) is 10.1. The number of benzene rings is 1. The van der Waals surface area contributed by atoms with Crippen molar-refractivity contribution in [1.29, 1.82) is 0 Å². The van der Waals surface area contributed by atoms with Gasteiger partial charge in [-0.05, 0) is 0 Å². The third kappa shape index (κ3) is 5.47. The summed E-state index contributed by atoms with van der Waals surface area (Å²) in [5, 5.41) is 0. The maximum absolute atomic E-state index is 13.2. The van der Waals surface area contributed by atoms with E-state index in [0.717, 1.165) is 35.4 Å². The fraction of sp³-hybridized carbons (Fsp3) is 0.174. The summed E-state index contributed by atoms with van der Waals surface area (Å²) in [6.45, 7) is 0. The van der Waals surface area contributed by atoms with E-state index in [1.54, 1.807) is 26.6 Å². The Morgan fingerprint density at radius 2 is 1.51 bits per heavy atom. The van der Waals surface area contributed by atoms with Gasteiger partial charge in [0.1, 0.15) is 0 Å². The average Bonchev–Trinajstić information content (AvgIpc) is 3.20. The van der Waals surface area contributed by atoms with Crippen LogP contribution in [-0.4, -0.2) is 24.4 Å². The monoisotopic (exact) mass is 621 g/mol. The molecule has 4 rings (SSSR count). The van der Waals surface area contributed by atoms with Crippen molar-refractivity contribution in [1.82, 2.24) is 19.5 Å². The standard InChI is InChI=1S/C23H16F6IN4S/c1-30-35-19-8-7-16(13-3-5-14(6-4-13)22(24,25)26)33-20(19)21-32-12-18(34(21)2)17-11-15(9-10-31-17)23(27,28)29/h3-12H,1-2H3/q-1. The van der Waals surface area contributed by atoms with Crippen LogP contribution in [0.25, 0.3) is 34.2 Å². The molecule has 12 heteroatoms. The van der Waals surface area contributed by atoms with Crippen LogP contribution in [0.3, 0.4) is 0 Å². The van der Waals surface area contributed by atoms with Crippen LogP contribution in [0.2, 0.25) is 0 Å². The van der Waals surface area contributed by atoms with Gasteiger partial charge in [-0.3, -0.25) is 0 Å². The summed E-state index contributed by atoms with van der Waals surface area (Å²) < 4.78 is 79.9. The number of halogens is 7. The molecular formula is C23H16F6IN4S-. The fourth-order valence-corrected chi connectivity index (χ4v) is 6.34. The number of hydrogen-bond donors (Lipinski definition) is 0. The van der Waals surface area contributed by atoms with E-state index in [9.17, 15) is 26.3 Å². The molecule has 184 valence electrons. The van der Waals surface area contributed by atoms with Gasteiger partial charge in [0.05, 0.1) is 0 Å². The zero-order valence-electron chi connectivity index (χ0n) is 18.1. The first-order valence-corrected chi connectivity index (χ1v) is 15.4. The van der Waals surface area contributed by atoms with Crippen LogP contribution in [0.5, 0.6) is 0 Å². The Hall–Kier alpha value is -2.61. The predicted octanol–water partition coefficient (Wildman–Crippen LogP) is 3.97. The Balaban J connectivity index is 1.78. The number of hydrogen-bond acceptors (Lipinski definition) is 4. The van der Waals surface area contributed by atoms with Gasteiger partial charge in [-0.15, -0.1) is 0 Å². The molecule has 0 radical (unpaired) electrons. The summed E-state index contributed by atoms with van der Waals surface area (Å²) in [6.07, 6.45) is -6.43. The minimum absolute atomic E-state index is 0.108. The van der Waals surface area contributed by atoms with E-state index in [2.05, 4.69) is 19.9 Å². The molecule has 0 bridgehead atoms. The molecule has 0 N–H and O–H groups in total. The number of imidazole rings is 1. The molecule has 0 amide bonds. The maximum atomic E-state index is 13.2.